The van der Waals surface area contributed by atoms with Gasteiger partial charge in [-0.1, -0.05) is 19.9 Å². The summed E-state index contributed by atoms with van der Waals surface area (Å²) in [6.07, 6.45) is 5.45. The first-order valence-corrected chi connectivity index (χ1v) is 7.28. The number of nitrogens with one attached hydrogen (secondary N) is 1. The van der Waals surface area contributed by atoms with Crippen molar-refractivity contribution in [2.24, 2.45) is 5.41 Å². The maximum Gasteiger partial charge on any atom is 0.226 e. The highest BCUT2D eigenvalue weighted by Crippen LogP contribution is 2.39. The van der Waals surface area contributed by atoms with Crippen molar-refractivity contribution >= 4 is 5.91 Å². The minimum absolute atomic E-state index is 0.0815. The average Bonchev–Trinajstić information content (AvgIpc) is 2.42. The van der Waals surface area contributed by atoms with Crippen molar-refractivity contribution in [3.05, 3.63) is 30.1 Å². The lowest BCUT2D eigenvalue weighted by atomic mass is 9.71. The molecule has 0 saturated heterocycles. The molecular weight excluding hydrogens is 252 g/mol. The van der Waals surface area contributed by atoms with Crippen LogP contribution in [0.25, 0.3) is 0 Å². The Morgan fingerprint density at radius 3 is 2.60 bits per heavy atom. The topological polar surface area (TPSA) is 62.2 Å². The Morgan fingerprint density at radius 2 is 2.00 bits per heavy atom. The lowest BCUT2D eigenvalue weighted by Gasteiger charge is -2.40. The molecule has 0 aliphatic heterocycles. The fourth-order valence-corrected chi connectivity index (χ4v) is 2.56. The van der Waals surface area contributed by atoms with Crippen LogP contribution in [-0.4, -0.2) is 28.1 Å². The first-order chi connectivity index (χ1) is 9.39. The molecule has 0 bridgehead atoms. The van der Waals surface area contributed by atoms with E-state index in [2.05, 4.69) is 24.1 Å². The Balaban J connectivity index is 1.79. The van der Waals surface area contributed by atoms with Crippen molar-refractivity contribution in [1.29, 1.82) is 0 Å². The minimum atomic E-state index is -0.741. The van der Waals surface area contributed by atoms with Crippen LogP contribution < -0.4 is 5.32 Å². The van der Waals surface area contributed by atoms with E-state index in [0.29, 0.717) is 12.0 Å². The number of carbonyl (C=O) groups excluding carboxylic acids is 1. The molecule has 0 spiro atoms. The summed E-state index contributed by atoms with van der Waals surface area (Å²) in [7, 11) is 0. The molecule has 1 aliphatic rings. The van der Waals surface area contributed by atoms with Gasteiger partial charge in [0.2, 0.25) is 5.91 Å². The van der Waals surface area contributed by atoms with Crippen LogP contribution in [0.5, 0.6) is 0 Å². The third kappa shape index (κ3) is 4.30. The third-order valence-electron chi connectivity index (χ3n) is 4.22. The zero-order valence-corrected chi connectivity index (χ0v) is 12.4. The molecule has 1 fully saturated rings. The van der Waals surface area contributed by atoms with Gasteiger partial charge < -0.3 is 10.4 Å². The summed E-state index contributed by atoms with van der Waals surface area (Å²) in [5.74, 6) is -0.0815. The molecule has 20 heavy (non-hydrogen) atoms. The molecule has 0 radical (unpaired) electrons. The van der Waals surface area contributed by atoms with E-state index in [0.717, 1.165) is 31.4 Å². The normalized spacial score (nSPS) is 20.4. The summed E-state index contributed by atoms with van der Waals surface area (Å²) >= 11 is 0. The van der Waals surface area contributed by atoms with E-state index in [4.69, 9.17) is 0 Å². The molecule has 110 valence electrons. The SMILES string of the molecule is CC1(C)CCC(O)(CNC(=O)Cc2ccccn2)CC1. The first-order valence-electron chi connectivity index (χ1n) is 7.28. The van der Waals surface area contributed by atoms with Crippen LogP contribution in [-0.2, 0) is 11.2 Å². The fourth-order valence-electron chi connectivity index (χ4n) is 2.56. The molecule has 4 heteroatoms. The predicted octanol–water partition coefficient (Wildman–Crippen LogP) is 2.07. The van der Waals surface area contributed by atoms with Gasteiger partial charge in [0.1, 0.15) is 0 Å². The Morgan fingerprint density at radius 1 is 1.30 bits per heavy atom. The highest BCUT2D eigenvalue weighted by atomic mass is 16.3. The van der Waals surface area contributed by atoms with Crippen molar-refractivity contribution in [1.82, 2.24) is 10.3 Å². The van der Waals surface area contributed by atoms with Crippen LogP contribution in [0.3, 0.4) is 0 Å². The number of aromatic nitrogens is 1. The minimum Gasteiger partial charge on any atom is -0.388 e. The molecule has 0 unspecified atom stereocenters. The van der Waals surface area contributed by atoms with E-state index < -0.39 is 5.60 Å². The number of hydrogen-bond acceptors (Lipinski definition) is 3. The number of carbonyl (C=O) groups is 1. The van der Waals surface area contributed by atoms with Gasteiger partial charge >= 0.3 is 0 Å². The molecule has 1 aromatic heterocycles. The second-order valence-corrected chi connectivity index (χ2v) is 6.66. The molecule has 0 atom stereocenters. The molecule has 1 aliphatic carbocycles. The number of rotatable bonds is 4. The summed E-state index contributed by atoms with van der Waals surface area (Å²) < 4.78 is 0. The lowest BCUT2D eigenvalue weighted by Crippen LogP contribution is -2.46. The van der Waals surface area contributed by atoms with Gasteiger partial charge in [-0.05, 0) is 43.2 Å². The second kappa shape index (κ2) is 5.92. The van der Waals surface area contributed by atoms with E-state index >= 15 is 0 Å². The molecule has 1 heterocycles. The van der Waals surface area contributed by atoms with Crippen LogP contribution in [0.15, 0.2) is 24.4 Å². The van der Waals surface area contributed by atoms with E-state index in [1.54, 1.807) is 6.20 Å². The molecule has 1 amide bonds. The van der Waals surface area contributed by atoms with E-state index in [1.807, 2.05) is 18.2 Å². The summed E-state index contributed by atoms with van der Waals surface area (Å²) in [6.45, 7) is 4.80. The van der Waals surface area contributed by atoms with Gasteiger partial charge in [0.15, 0.2) is 0 Å². The van der Waals surface area contributed by atoms with Gasteiger partial charge in [0.25, 0.3) is 0 Å². The molecule has 2 N–H and O–H groups in total. The van der Waals surface area contributed by atoms with Crippen molar-refractivity contribution in [2.45, 2.75) is 51.6 Å². The van der Waals surface area contributed by atoms with Crippen LogP contribution in [0.4, 0.5) is 0 Å². The fraction of sp³-hybridized carbons (Fsp3) is 0.625. The van der Waals surface area contributed by atoms with Gasteiger partial charge in [-0.15, -0.1) is 0 Å². The molecule has 1 aromatic rings. The van der Waals surface area contributed by atoms with Crippen LogP contribution in [0.1, 0.15) is 45.2 Å². The van der Waals surface area contributed by atoms with Crippen molar-refractivity contribution in [2.75, 3.05) is 6.54 Å². The number of pyridine rings is 1. The van der Waals surface area contributed by atoms with Gasteiger partial charge in [-0.2, -0.15) is 0 Å². The quantitative estimate of drug-likeness (QED) is 0.885. The van der Waals surface area contributed by atoms with Crippen LogP contribution in [0.2, 0.25) is 0 Å². The van der Waals surface area contributed by atoms with E-state index in [9.17, 15) is 9.90 Å². The Hall–Kier alpha value is -1.42. The van der Waals surface area contributed by atoms with E-state index in [-0.39, 0.29) is 12.3 Å². The van der Waals surface area contributed by atoms with Gasteiger partial charge in [-0.3, -0.25) is 9.78 Å². The van der Waals surface area contributed by atoms with Crippen LogP contribution in [0, 0.1) is 5.41 Å². The average molecular weight is 276 g/mol. The van der Waals surface area contributed by atoms with Gasteiger partial charge in [0, 0.05) is 18.4 Å². The standard InChI is InChI=1S/C16H24N2O2/c1-15(2)6-8-16(20,9-7-15)12-18-14(19)11-13-5-3-4-10-17-13/h3-5,10,20H,6-9,11-12H2,1-2H3,(H,18,19). The summed E-state index contributed by atoms with van der Waals surface area (Å²) in [6, 6.07) is 5.53. The van der Waals surface area contributed by atoms with E-state index in [1.165, 1.54) is 0 Å². The maximum absolute atomic E-state index is 11.9. The smallest absolute Gasteiger partial charge is 0.226 e. The Kier molecular flexibility index (Phi) is 4.43. The number of amides is 1. The third-order valence-corrected chi connectivity index (χ3v) is 4.22. The summed E-state index contributed by atoms with van der Waals surface area (Å²) in [5.41, 5.74) is 0.321. The molecule has 2 rings (SSSR count). The lowest BCUT2D eigenvalue weighted by molar-refractivity contribution is -0.122. The van der Waals surface area contributed by atoms with Gasteiger partial charge in [-0.25, -0.2) is 0 Å². The number of nitrogens with zero attached hydrogens (tertiary/aromatic N) is 1. The first kappa shape index (κ1) is 15.0. The van der Waals surface area contributed by atoms with Crippen molar-refractivity contribution < 1.29 is 9.90 Å². The van der Waals surface area contributed by atoms with Crippen LogP contribution >= 0.6 is 0 Å². The second-order valence-electron chi connectivity index (χ2n) is 6.66. The molecule has 4 nitrogen and oxygen atoms in total. The van der Waals surface area contributed by atoms with Crippen molar-refractivity contribution in [3.63, 3.8) is 0 Å². The largest absolute Gasteiger partial charge is 0.388 e. The monoisotopic (exact) mass is 276 g/mol. The van der Waals surface area contributed by atoms with Gasteiger partial charge in [0.05, 0.1) is 12.0 Å². The molecular formula is C16H24N2O2. The zero-order valence-electron chi connectivity index (χ0n) is 12.4. The Labute approximate surface area is 120 Å². The molecule has 1 saturated carbocycles. The summed E-state index contributed by atoms with van der Waals surface area (Å²) in [5, 5.41) is 13.3. The number of hydrogen-bond donors (Lipinski definition) is 2. The highest BCUT2D eigenvalue weighted by molar-refractivity contribution is 5.78. The predicted molar refractivity (Wildman–Crippen MR) is 78.1 cm³/mol. The Bertz CT molecular complexity index is 447. The zero-order chi connectivity index (χ0) is 14.6. The highest BCUT2D eigenvalue weighted by Gasteiger charge is 2.36. The summed E-state index contributed by atoms with van der Waals surface area (Å²) in [4.78, 5) is 16.0. The maximum atomic E-state index is 11.9. The molecule has 0 aromatic carbocycles. The van der Waals surface area contributed by atoms with Crippen molar-refractivity contribution in [3.8, 4) is 0 Å². The number of aliphatic hydroxyl groups is 1.